The Morgan fingerprint density at radius 1 is 1.61 bits per heavy atom. The van der Waals surface area contributed by atoms with Gasteiger partial charge in [-0.25, -0.2) is 0 Å². The summed E-state index contributed by atoms with van der Waals surface area (Å²) in [4.78, 5) is 24.2. The summed E-state index contributed by atoms with van der Waals surface area (Å²) in [6, 6.07) is -0.644. The van der Waals surface area contributed by atoms with E-state index < -0.39 is 12.0 Å². The second-order valence-corrected chi connectivity index (χ2v) is 5.63. The van der Waals surface area contributed by atoms with Crippen molar-refractivity contribution in [2.45, 2.75) is 44.4 Å². The molecule has 0 aromatic heterocycles. The molecule has 2 unspecified atom stereocenters. The van der Waals surface area contributed by atoms with Crippen molar-refractivity contribution in [2.24, 2.45) is 0 Å². The molecule has 18 heavy (non-hydrogen) atoms. The van der Waals surface area contributed by atoms with E-state index in [0.29, 0.717) is 6.54 Å². The number of carboxylic acid groups (broad SMARTS) is 1. The van der Waals surface area contributed by atoms with Gasteiger partial charge in [-0.05, 0) is 26.7 Å². The van der Waals surface area contributed by atoms with Gasteiger partial charge in [-0.3, -0.25) is 14.5 Å². The van der Waals surface area contributed by atoms with Gasteiger partial charge in [0.15, 0.2) is 0 Å². The fourth-order valence-electron chi connectivity index (χ4n) is 2.59. The van der Waals surface area contributed by atoms with Crippen LogP contribution in [0.5, 0.6) is 0 Å². The predicted molar refractivity (Wildman–Crippen MR) is 64.2 cm³/mol. The van der Waals surface area contributed by atoms with E-state index in [2.05, 4.69) is 5.32 Å². The molecule has 102 valence electrons. The van der Waals surface area contributed by atoms with Gasteiger partial charge in [-0.15, -0.1) is 0 Å². The van der Waals surface area contributed by atoms with Crippen LogP contribution in [0, 0.1) is 0 Å². The first-order valence-electron chi connectivity index (χ1n) is 6.29. The lowest BCUT2D eigenvalue weighted by Crippen LogP contribution is -2.58. The Labute approximate surface area is 106 Å². The van der Waals surface area contributed by atoms with Gasteiger partial charge in [-0.2, -0.15) is 0 Å². The third kappa shape index (κ3) is 3.00. The summed E-state index contributed by atoms with van der Waals surface area (Å²) in [7, 11) is 0. The van der Waals surface area contributed by atoms with Crippen LogP contribution in [0.1, 0.15) is 26.7 Å². The largest absolute Gasteiger partial charge is 0.480 e. The van der Waals surface area contributed by atoms with Crippen LogP contribution in [0.3, 0.4) is 0 Å². The Kier molecular flexibility index (Phi) is 3.59. The van der Waals surface area contributed by atoms with Gasteiger partial charge in [0.25, 0.3) is 0 Å². The molecule has 6 heteroatoms. The number of piperazine rings is 1. The zero-order valence-electron chi connectivity index (χ0n) is 10.8. The molecule has 2 fully saturated rings. The molecule has 2 N–H and O–H groups in total. The fraction of sp³-hybridized carbons (Fsp3) is 0.833. The summed E-state index contributed by atoms with van der Waals surface area (Å²) >= 11 is 0. The van der Waals surface area contributed by atoms with Gasteiger partial charge < -0.3 is 15.2 Å². The fourth-order valence-corrected chi connectivity index (χ4v) is 2.59. The van der Waals surface area contributed by atoms with Crippen molar-refractivity contribution in [3.05, 3.63) is 0 Å². The topological polar surface area (TPSA) is 78.9 Å². The van der Waals surface area contributed by atoms with Crippen molar-refractivity contribution in [1.29, 1.82) is 0 Å². The number of carboxylic acids is 1. The number of ether oxygens (including phenoxy) is 1. The highest BCUT2D eigenvalue weighted by Gasteiger charge is 2.37. The standard InChI is InChI=1S/C12H20N2O4/c1-12(2)4-3-8(18-12)6-14-7-10(15)13-5-9(14)11(16)17/h8-9H,3-7H2,1-2H3,(H,13,15)(H,16,17). The van der Waals surface area contributed by atoms with Crippen LogP contribution in [0.15, 0.2) is 0 Å². The molecule has 2 saturated heterocycles. The first-order chi connectivity index (χ1) is 8.37. The SMILES string of the molecule is CC1(C)CCC(CN2CC(=O)NCC2C(=O)O)O1. The highest BCUT2D eigenvalue weighted by molar-refractivity contribution is 5.83. The zero-order valence-corrected chi connectivity index (χ0v) is 10.8. The van der Waals surface area contributed by atoms with Crippen LogP contribution in [0.4, 0.5) is 0 Å². The number of rotatable bonds is 3. The minimum absolute atomic E-state index is 0.0211. The van der Waals surface area contributed by atoms with Gasteiger partial charge >= 0.3 is 5.97 Å². The number of nitrogens with zero attached hydrogens (tertiary/aromatic N) is 1. The predicted octanol–water partition coefficient (Wildman–Crippen LogP) is -0.171. The Hall–Kier alpha value is -1.14. The third-order valence-electron chi connectivity index (χ3n) is 3.56. The quantitative estimate of drug-likeness (QED) is 0.733. The average molecular weight is 256 g/mol. The maximum Gasteiger partial charge on any atom is 0.322 e. The molecule has 0 aromatic rings. The number of carbonyl (C=O) groups excluding carboxylic acids is 1. The molecule has 1 amide bonds. The maximum absolute atomic E-state index is 11.4. The van der Waals surface area contributed by atoms with Crippen molar-refractivity contribution in [3.8, 4) is 0 Å². The molecule has 2 aliphatic heterocycles. The molecule has 0 saturated carbocycles. The van der Waals surface area contributed by atoms with Crippen LogP contribution < -0.4 is 5.32 Å². The Morgan fingerprint density at radius 3 is 2.89 bits per heavy atom. The van der Waals surface area contributed by atoms with Crippen molar-refractivity contribution < 1.29 is 19.4 Å². The van der Waals surface area contributed by atoms with Crippen molar-refractivity contribution in [3.63, 3.8) is 0 Å². The van der Waals surface area contributed by atoms with Gasteiger partial charge in [0.1, 0.15) is 6.04 Å². The van der Waals surface area contributed by atoms with Gasteiger partial charge in [0.05, 0.1) is 18.2 Å². The van der Waals surface area contributed by atoms with Crippen LogP contribution in [-0.4, -0.2) is 59.3 Å². The van der Waals surface area contributed by atoms with E-state index in [1.807, 2.05) is 13.8 Å². The number of amides is 1. The molecule has 2 rings (SSSR count). The average Bonchev–Trinajstić information content (AvgIpc) is 2.57. The molecular formula is C12H20N2O4. The number of hydrogen-bond acceptors (Lipinski definition) is 4. The van der Waals surface area contributed by atoms with E-state index in [1.165, 1.54) is 0 Å². The molecular weight excluding hydrogens is 236 g/mol. The minimum atomic E-state index is -0.896. The second-order valence-electron chi connectivity index (χ2n) is 5.63. The van der Waals surface area contributed by atoms with Gasteiger partial charge in [0.2, 0.25) is 5.91 Å². The molecule has 2 atom stereocenters. The normalized spacial score (nSPS) is 32.2. The third-order valence-corrected chi connectivity index (χ3v) is 3.56. The summed E-state index contributed by atoms with van der Waals surface area (Å²) < 4.78 is 5.85. The number of nitrogens with one attached hydrogen (secondary N) is 1. The monoisotopic (exact) mass is 256 g/mol. The molecule has 2 aliphatic rings. The van der Waals surface area contributed by atoms with Gasteiger partial charge in [-0.1, -0.05) is 0 Å². The van der Waals surface area contributed by atoms with Crippen LogP contribution >= 0.6 is 0 Å². The summed E-state index contributed by atoms with van der Waals surface area (Å²) in [5.41, 5.74) is -0.137. The van der Waals surface area contributed by atoms with Crippen molar-refractivity contribution >= 4 is 11.9 Å². The summed E-state index contributed by atoms with van der Waals surface area (Å²) in [6.45, 7) is 4.88. The number of hydrogen-bond donors (Lipinski definition) is 2. The van der Waals surface area contributed by atoms with E-state index in [9.17, 15) is 9.59 Å². The Morgan fingerprint density at radius 2 is 2.33 bits per heavy atom. The summed E-state index contributed by atoms with van der Waals surface area (Å²) in [5, 5.41) is 11.7. The van der Waals surface area contributed by atoms with Crippen LogP contribution in [-0.2, 0) is 14.3 Å². The summed E-state index contributed by atoms with van der Waals surface area (Å²) in [6.07, 6.45) is 1.90. The molecule has 0 aliphatic carbocycles. The van der Waals surface area contributed by atoms with Gasteiger partial charge in [0, 0.05) is 13.1 Å². The highest BCUT2D eigenvalue weighted by atomic mass is 16.5. The van der Waals surface area contributed by atoms with Crippen LogP contribution in [0.2, 0.25) is 0 Å². The molecule has 0 radical (unpaired) electrons. The van der Waals surface area contributed by atoms with Crippen molar-refractivity contribution in [2.75, 3.05) is 19.6 Å². The molecule has 0 aromatic carbocycles. The first-order valence-corrected chi connectivity index (χ1v) is 6.29. The smallest absolute Gasteiger partial charge is 0.322 e. The van der Waals surface area contributed by atoms with E-state index in [-0.39, 0.29) is 30.7 Å². The number of carbonyl (C=O) groups is 2. The summed E-state index contributed by atoms with van der Waals surface area (Å²) in [5.74, 6) is -1.02. The second kappa shape index (κ2) is 4.85. The van der Waals surface area contributed by atoms with Crippen molar-refractivity contribution in [1.82, 2.24) is 10.2 Å². The zero-order chi connectivity index (χ0) is 13.3. The van der Waals surface area contributed by atoms with E-state index >= 15 is 0 Å². The maximum atomic E-state index is 11.4. The molecule has 0 spiro atoms. The van der Waals surface area contributed by atoms with E-state index in [4.69, 9.17) is 9.84 Å². The lowest BCUT2D eigenvalue weighted by Gasteiger charge is -2.34. The minimum Gasteiger partial charge on any atom is -0.480 e. The van der Waals surface area contributed by atoms with E-state index in [0.717, 1.165) is 12.8 Å². The lowest BCUT2D eigenvalue weighted by molar-refractivity contribution is -0.147. The molecule has 6 nitrogen and oxygen atoms in total. The Balaban J connectivity index is 1.97. The number of aliphatic carboxylic acids is 1. The molecule has 0 bridgehead atoms. The Bertz CT molecular complexity index is 356. The highest BCUT2D eigenvalue weighted by Crippen LogP contribution is 2.30. The molecule has 2 heterocycles. The first kappa shape index (κ1) is 13.3. The van der Waals surface area contributed by atoms with E-state index in [1.54, 1.807) is 4.90 Å². The lowest BCUT2D eigenvalue weighted by atomic mass is 10.0. The van der Waals surface area contributed by atoms with Crippen LogP contribution in [0.25, 0.3) is 0 Å².